The lowest BCUT2D eigenvalue weighted by molar-refractivity contribution is 0.205. The van der Waals surface area contributed by atoms with Gasteiger partial charge >= 0.3 is 6.09 Å². The van der Waals surface area contributed by atoms with Crippen molar-refractivity contribution in [3.8, 4) is 0 Å². The first-order valence-corrected chi connectivity index (χ1v) is 1.81. The molecule has 7 heavy (non-hydrogen) atoms. The summed E-state index contributed by atoms with van der Waals surface area (Å²) >= 11 is -1.08. The van der Waals surface area contributed by atoms with E-state index in [1.54, 1.807) is 0 Å². The molecule has 0 aliphatic carbocycles. The van der Waals surface area contributed by atoms with Crippen LogP contribution < -0.4 is 5.73 Å². The van der Waals surface area contributed by atoms with Crippen LogP contribution in [0.1, 0.15) is 0 Å². The van der Waals surface area contributed by atoms with Crippen molar-refractivity contribution in [2.75, 3.05) is 0 Å². The first kappa shape index (κ1) is 9.52. The van der Waals surface area contributed by atoms with Crippen molar-refractivity contribution in [2.24, 2.45) is 5.73 Å². The fourth-order valence-corrected chi connectivity index (χ4v) is 0. The Bertz CT molecular complexity index is 79.7. The van der Waals surface area contributed by atoms with E-state index < -0.39 is 17.7 Å². The molecule has 0 radical (unpaired) electrons. The van der Waals surface area contributed by atoms with Crippen LogP contribution in [0, 0.1) is 0 Å². The number of nitrogens with two attached hydrogens (primary N) is 1. The van der Waals surface area contributed by atoms with Crippen LogP contribution >= 0.6 is 0 Å². The third kappa shape index (κ3) is 89.0. The Morgan fingerprint density at radius 3 is 1.57 bits per heavy atom. The predicted molar refractivity (Wildman–Crippen MR) is 22.3 cm³/mol. The predicted octanol–water partition coefficient (Wildman–Crippen LogP) is -0.885. The minimum Gasteiger partial charge on any atom is -0.465 e. The van der Waals surface area contributed by atoms with Crippen LogP contribution in [0.25, 0.3) is 0 Å². The molecule has 44 valence electrons. The van der Waals surface area contributed by atoms with Gasteiger partial charge in [0.15, 0.2) is 0 Å². The van der Waals surface area contributed by atoms with Crippen LogP contribution in [0.3, 0.4) is 0 Å². The molecule has 0 fully saturated rings. The summed E-state index contributed by atoms with van der Waals surface area (Å²) in [5.41, 5.74) is 4.03. The number of hydrogen-bond donors (Lipinski definition) is 2. The van der Waals surface area contributed by atoms with Gasteiger partial charge in [-0.25, -0.2) is 4.79 Å². The average Bonchev–Trinajstić information content (AvgIpc) is 1.33. The molecular weight excluding hydrogens is 122 g/mol. The van der Waals surface area contributed by atoms with Crippen molar-refractivity contribution in [1.82, 2.24) is 0 Å². The molecule has 3 N–H and O–H groups in total. The van der Waals surface area contributed by atoms with E-state index in [1.807, 2.05) is 0 Å². The molecule has 0 aromatic rings. The molecule has 0 spiro atoms. The van der Waals surface area contributed by atoms with Gasteiger partial charge in [-0.1, -0.05) is 11.6 Å². The molecule has 0 aliphatic heterocycles. The standard InChI is InChI=1S/CH3NO2.HO2S/c2-1(3)4;1-3-2/h2H2,(H,3,4);3H/q;-1. The Balaban J connectivity index is 0. The number of rotatable bonds is 0. The van der Waals surface area contributed by atoms with Crippen molar-refractivity contribution in [3.63, 3.8) is 0 Å². The Hall–Kier alpha value is -0.780. The first-order valence-electron chi connectivity index (χ1n) is 1.08. The quantitative estimate of drug-likeness (QED) is 0.325. The van der Waals surface area contributed by atoms with Crippen molar-refractivity contribution in [1.29, 1.82) is 0 Å². The van der Waals surface area contributed by atoms with E-state index in [2.05, 4.69) is 5.73 Å². The summed E-state index contributed by atoms with van der Waals surface area (Å²) in [7, 11) is 0. The van der Waals surface area contributed by atoms with Crippen LogP contribution in [0.4, 0.5) is 4.79 Å². The third-order valence-corrected chi connectivity index (χ3v) is 0. The van der Waals surface area contributed by atoms with Gasteiger partial charge in [-0.15, -0.1) is 0 Å². The first-order chi connectivity index (χ1) is 3.15. The zero-order chi connectivity index (χ0) is 6.28. The number of primary amides is 1. The van der Waals surface area contributed by atoms with Crippen molar-refractivity contribution in [2.45, 2.75) is 0 Å². The van der Waals surface area contributed by atoms with Gasteiger partial charge in [0, 0.05) is 0 Å². The summed E-state index contributed by atoms with van der Waals surface area (Å²) in [4.78, 5) is 8.78. The van der Waals surface area contributed by atoms with Gasteiger partial charge in [-0.3, -0.25) is 0 Å². The van der Waals surface area contributed by atoms with Gasteiger partial charge in [0.1, 0.15) is 0 Å². The topological polar surface area (TPSA) is 97.5 Å². The molecular formula is CH4NO4S-. The van der Waals surface area contributed by atoms with E-state index in [0.29, 0.717) is 0 Å². The Kier molecular flexibility index (Phi) is 12.2. The SMILES string of the molecule is NC(=O)O.O=[SH-]=O. The van der Waals surface area contributed by atoms with Crippen LogP contribution in [-0.4, -0.2) is 11.2 Å². The lowest BCUT2D eigenvalue weighted by Gasteiger charge is -1.61. The van der Waals surface area contributed by atoms with Crippen LogP contribution in [-0.2, 0) is 20.0 Å². The van der Waals surface area contributed by atoms with Gasteiger partial charge in [0.05, 0.1) is 0 Å². The second-order valence-electron chi connectivity index (χ2n) is 0.413. The molecule has 0 saturated heterocycles. The van der Waals surface area contributed by atoms with Crippen molar-refractivity contribution < 1.29 is 18.3 Å². The summed E-state index contributed by atoms with van der Waals surface area (Å²) in [6, 6.07) is 0. The van der Waals surface area contributed by atoms with Gasteiger partial charge in [-0.2, -0.15) is 0 Å². The molecule has 5 nitrogen and oxygen atoms in total. The molecule has 0 heterocycles. The Morgan fingerprint density at radius 1 is 1.57 bits per heavy atom. The highest BCUT2D eigenvalue weighted by Crippen LogP contribution is 1.34. The highest BCUT2D eigenvalue weighted by molar-refractivity contribution is 7.51. The molecule has 0 aromatic heterocycles. The van der Waals surface area contributed by atoms with Crippen molar-refractivity contribution in [3.05, 3.63) is 0 Å². The largest absolute Gasteiger partial charge is 0.465 e. The number of thiol groups is 1. The molecule has 0 aromatic carbocycles. The molecule has 0 aliphatic rings. The Morgan fingerprint density at radius 2 is 1.57 bits per heavy atom. The highest BCUT2D eigenvalue weighted by atomic mass is 32.1. The van der Waals surface area contributed by atoms with E-state index in [4.69, 9.17) is 18.3 Å². The number of hydrogen-bond acceptors (Lipinski definition) is 4. The minimum absolute atomic E-state index is 1.08. The average molecular weight is 126 g/mol. The second kappa shape index (κ2) is 8.97. The maximum atomic E-state index is 8.78. The van der Waals surface area contributed by atoms with Crippen LogP contribution in [0.15, 0.2) is 0 Å². The summed E-state index contributed by atoms with van der Waals surface area (Å²) in [5, 5.41) is 7.19. The normalized spacial score (nSPS) is 5.71. The smallest absolute Gasteiger partial charge is 0.402 e. The van der Waals surface area contributed by atoms with Gasteiger partial charge in [0.25, 0.3) is 0 Å². The van der Waals surface area contributed by atoms with E-state index >= 15 is 0 Å². The second-order valence-corrected chi connectivity index (χ2v) is 0.562. The van der Waals surface area contributed by atoms with Crippen LogP contribution in [0.5, 0.6) is 0 Å². The molecule has 1 amide bonds. The number of carboxylic acid groups (broad SMARTS) is 1. The van der Waals surface area contributed by atoms with Gasteiger partial charge < -0.3 is 19.3 Å². The summed E-state index contributed by atoms with van der Waals surface area (Å²) in [6.45, 7) is 0. The number of amides is 1. The number of carbonyl (C=O) groups is 1. The van der Waals surface area contributed by atoms with E-state index in [0.717, 1.165) is 0 Å². The van der Waals surface area contributed by atoms with Crippen LogP contribution in [0.2, 0.25) is 0 Å². The highest BCUT2D eigenvalue weighted by Gasteiger charge is 1.65. The fraction of sp³-hybridized carbons (Fsp3) is 0. The third-order valence-electron chi connectivity index (χ3n) is 0. The molecule has 0 saturated carbocycles. The fourth-order valence-electron chi connectivity index (χ4n) is 0. The molecule has 0 atom stereocenters. The molecule has 0 unspecified atom stereocenters. The molecule has 0 rings (SSSR count). The lowest BCUT2D eigenvalue weighted by atomic mass is 11.3. The molecule has 0 bridgehead atoms. The zero-order valence-corrected chi connectivity index (χ0v) is 4.09. The maximum absolute atomic E-state index is 8.78. The summed E-state index contributed by atoms with van der Waals surface area (Å²) in [5.74, 6) is 0. The summed E-state index contributed by atoms with van der Waals surface area (Å²) < 4.78 is 16.7. The zero-order valence-electron chi connectivity index (χ0n) is 3.20. The molecule has 6 heteroatoms. The van der Waals surface area contributed by atoms with E-state index in [1.165, 1.54) is 0 Å². The van der Waals surface area contributed by atoms with Crippen molar-refractivity contribution >= 4 is 17.7 Å². The van der Waals surface area contributed by atoms with E-state index in [-0.39, 0.29) is 0 Å². The summed E-state index contributed by atoms with van der Waals surface area (Å²) in [6.07, 6.45) is -1.33. The van der Waals surface area contributed by atoms with Gasteiger partial charge in [-0.05, 0) is 0 Å². The monoisotopic (exact) mass is 126 g/mol. The Labute approximate surface area is 42.7 Å². The maximum Gasteiger partial charge on any atom is 0.402 e. The van der Waals surface area contributed by atoms with E-state index in [9.17, 15) is 0 Å². The minimum atomic E-state index is -1.33. The van der Waals surface area contributed by atoms with Gasteiger partial charge in [0.2, 0.25) is 0 Å². The lowest BCUT2D eigenvalue weighted by Crippen LogP contribution is -2.03.